The summed E-state index contributed by atoms with van der Waals surface area (Å²) in [6, 6.07) is 5.44. The van der Waals surface area contributed by atoms with E-state index in [2.05, 4.69) is 10.1 Å². The summed E-state index contributed by atoms with van der Waals surface area (Å²) in [4.78, 5) is 15.5. The number of ketones is 1. The van der Waals surface area contributed by atoms with E-state index in [4.69, 9.17) is 9.84 Å². The Morgan fingerprint density at radius 3 is 2.95 bits per heavy atom. The predicted molar refractivity (Wildman–Crippen MR) is 79.7 cm³/mol. The zero-order valence-corrected chi connectivity index (χ0v) is 11.5. The molecule has 0 unspecified atom stereocenters. The van der Waals surface area contributed by atoms with Crippen molar-refractivity contribution >= 4 is 22.7 Å². The van der Waals surface area contributed by atoms with Crippen LogP contribution in [0.3, 0.4) is 0 Å². The topological polar surface area (TPSA) is 96.4 Å². The summed E-state index contributed by atoms with van der Waals surface area (Å²) in [6.45, 7) is -0.0681. The summed E-state index contributed by atoms with van der Waals surface area (Å²) in [5.41, 5.74) is 1.34. The van der Waals surface area contributed by atoms with Crippen LogP contribution in [0.2, 0.25) is 0 Å². The lowest BCUT2D eigenvalue weighted by Crippen LogP contribution is -2.07. The van der Waals surface area contributed by atoms with Gasteiger partial charge >= 0.3 is 0 Å². The van der Waals surface area contributed by atoms with Crippen molar-refractivity contribution in [1.29, 1.82) is 0 Å². The second-order valence-electron chi connectivity index (χ2n) is 4.52. The van der Waals surface area contributed by atoms with E-state index < -0.39 is 0 Å². The fourth-order valence-electron chi connectivity index (χ4n) is 2.03. The number of pyridine rings is 1. The average Bonchev–Trinajstić information content (AvgIpc) is 2.86. The van der Waals surface area contributed by atoms with Crippen molar-refractivity contribution < 1.29 is 19.7 Å². The number of fused-ring (bicyclic) bond motifs is 1. The first-order valence-electron chi connectivity index (χ1n) is 6.62. The van der Waals surface area contributed by atoms with Gasteiger partial charge in [0.15, 0.2) is 11.5 Å². The van der Waals surface area contributed by atoms with Crippen LogP contribution in [-0.2, 0) is 4.79 Å². The molecule has 2 aromatic rings. The van der Waals surface area contributed by atoms with Crippen molar-refractivity contribution in [3.8, 4) is 5.88 Å². The minimum atomic E-state index is -0.298. The first kappa shape index (κ1) is 14.0. The Labute approximate surface area is 125 Å². The van der Waals surface area contributed by atoms with Gasteiger partial charge in [-0.3, -0.25) is 4.79 Å². The highest BCUT2D eigenvalue weighted by atomic mass is 16.5. The average molecular weight is 299 g/mol. The van der Waals surface area contributed by atoms with Gasteiger partial charge in [-0.05, 0) is 24.3 Å². The van der Waals surface area contributed by atoms with Crippen molar-refractivity contribution in [2.45, 2.75) is 0 Å². The maximum Gasteiger partial charge on any atom is 0.260 e. The summed E-state index contributed by atoms with van der Waals surface area (Å²) < 4.78 is 6.98. The van der Waals surface area contributed by atoms with E-state index in [0.29, 0.717) is 11.2 Å². The number of hydrogen-bond donors (Lipinski definition) is 2. The smallest absolute Gasteiger partial charge is 0.260 e. The molecule has 0 aliphatic heterocycles. The zero-order chi connectivity index (χ0) is 15.5. The first-order chi connectivity index (χ1) is 10.7. The Morgan fingerprint density at radius 2 is 2.18 bits per heavy atom. The molecule has 0 atom stereocenters. The number of rotatable bonds is 4. The molecule has 0 amide bonds. The highest BCUT2D eigenvalue weighted by Crippen LogP contribution is 2.32. The quantitative estimate of drug-likeness (QED) is 0.831. The van der Waals surface area contributed by atoms with Gasteiger partial charge in [-0.2, -0.15) is 0 Å². The highest BCUT2D eigenvalue weighted by molar-refractivity contribution is 6.19. The second kappa shape index (κ2) is 5.82. The van der Waals surface area contributed by atoms with Crippen LogP contribution in [0, 0.1) is 0 Å². The number of aliphatic imine (C=N–C) groups is 1. The van der Waals surface area contributed by atoms with Crippen molar-refractivity contribution in [1.82, 2.24) is 9.61 Å². The molecule has 0 spiro atoms. The SMILES string of the molecule is O=C1C=CC(=Nc2c(OCCO)nn3ccccc23)C(O)=C1. The van der Waals surface area contributed by atoms with Gasteiger partial charge in [-0.1, -0.05) is 6.07 Å². The van der Waals surface area contributed by atoms with E-state index in [1.165, 1.54) is 12.2 Å². The number of allylic oxidation sites excluding steroid dienone is 3. The van der Waals surface area contributed by atoms with E-state index in [0.717, 1.165) is 6.08 Å². The summed E-state index contributed by atoms with van der Waals surface area (Å²) in [5.74, 6) is -0.269. The Kier molecular flexibility index (Phi) is 3.71. The molecular formula is C15H13N3O4. The molecule has 0 saturated heterocycles. The van der Waals surface area contributed by atoms with Crippen LogP contribution >= 0.6 is 0 Å². The standard InChI is InChI=1S/C15H13N3O4/c19-7-8-22-15-14(12-3-1-2-6-18(12)17-15)16-11-5-4-10(20)9-13(11)21/h1-6,9,19,21H,7-8H2. The molecule has 0 saturated carbocycles. The summed E-state index contributed by atoms with van der Waals surface area (Å²) in [5, 5.41) is 23.0. The van der Waals surface area contributed by atoms with Crippen LogP contribution in [0.5, 0.6) is 5.88 Å². The first-order valence-corrected chi connectivity index (χ1v) is 6.62. The van der Waals surface area contributed by atoms with E-state index in [1.807, 2.05) is 12.1 Å². The molecule has 3 rings (SSSR count). The largest absolute Gasteiger partial charge is 0.506 e. The number of carbonyl (C=O) groups is 1. The molecule has 2 heterocycles. The van der Waals surface area contributed by atoms with Gasteiger partial charge in [-0.25, -0.2) is 9.51 Å². The Hall–Kier alpha value is -2.93. The lowest BCUT2D eigenvalue weighted by atomic mass is 10.1. The third kappa shape index (κ3) is 2.61. The van der Waals surface area contributed by atoms with Gasteiger partial charge < -0.3 is 14.9 Å². The fourth-order valence-corrected chi connectivity index (χ4v) is 2.03. The van der Waals surface area contributed by atoms with Crippen molar-refractivity contribution in [2.75, 3.05) is 13.2 Å². The van der Waals surface area contributed by atoms with Gasteiger partial charge in [0.25, 0.3) is 5.88 Å². The molecule has 2 aromatic heterocycles. The monoisotopic (exact) mass is 299 g/mol. The van der Waals surface area contributed by atoms with E-state index in [-0.39, 0.29) is 36.3 Å². The number of aliphatic hydroxyl groups is 2. The number of aromatic nitrogens is 2. The van der Waals surface area contributed by atoms with Crippen LogP contribution in [0.4, 0.5) is 5.69 Å². The van der Waals surface area contributed by atoms with E-state index >= 15 is 0 Å². The van der Waals surface area contributed by atoms with E-state index in [1.54, 1.807) is 16.8 Å². The van der Waals surface area contributed by atoms with Gasteiger partial charge in [0.2, 0.25) is 0 Å². The second-order valence-corrected chi connectivity index (χ2v) is 4.52. The molecule has 7 heteroatoms. The molecule has 0 radical (unpaired) electrons. The Balaban J connectivity index is 2.10. The maximum atomic E-state index is 11.2. The van der Waals surface area contributed by atoms with Crippen molar-refractivity contribution in [2.24, 2.45) is 4.99 Å². The number of ether oxygens (including phenoxy) is 1. The molecule has 0 aromatic carbocycles. The molecule has 112 valence electrons. The number of aliphatic hydroxyl groups excluding tert-OH is 2. The molecule has 22 heavy (non-hydrogen) atoms. The molecule has 1 aliphatic rings. The molecular weight excluding hydrogens is 286 g/mol. The lowest BCUT2D eigenvalue weighted by Gasteiger charge is -2.05. The summed E-state index contributed by atoms with van der Waals surface area (Å²) in [6.07, 6.45) is 5.58. The minimum Gasteiger partial charge on any atom is -0.506 e. The van der Waals surface area contributed by atoms with Gasteiger partial charge in [0.05, 0.1) is 12.1 Å². The molecule has 1 aliphatic carbocycles. The normalized spacial score (nSPS) is 16.3. The molecule has 2 N–H and O–H groups in total. The fraction of sp³-hybridized carbons (Fsp3) is 0.133. The molecule has 7 nitrogen and oxygen atoms in total. The van der Waals surface area contributed by atoms with Gasteiger partial charge in [-0.15, -0.1) is 5.10 Å². The number of carbonyl (C=O) groups excluding carboxylic acids is 1. The summed E-state index contributed by atoms with van der Waals surface area (Å²) >= 11 is 0. The van der Waals surface area contributed by atoms with Crippen LogP contribution in [0.1, 0.15) is 0 Å². The van der Waals surface area contributed by atoms with Crippen LogP contribution in [0.15, 0.2) is 53.4 Å². The minimum absolute atomic E-state index is 0.0812. The maximum absolute atomic E-state index is 11.2. The third-order valence-corrected chi connectivity index (χ3v) is 2.99. The Bertz CT molecular complexity index is 817. The van der Waals surface area contributed by atoms with Crippen molar-refractivity contribution in [3.63, 3.8) is 0 Å². The Morgan fingerprint density at radius 1 is 1.32 bits per heavy atom. The molecule has 0 bridgehead atoms. The van der Waals surface area contributed by atoms with Crippen molar-refractivity contribution in [3.05, 3.63) is 48.4 Å². The lowest BCUT2D eigenvalue weighted by molar-refractivity contribution is -0.110. The van der Waals surface area contributed by atoms with Crippen LogP contribution in [-0.4, -0.2) is 44.5 Å². The molecule has 0 fully saturated rings. The number of hydrogen-bond acceptors (Lipinski definition) is 6. The van der Waals surface area contributed by atoms with Crippen LogP contribution < -0.4 is 4.74 Å². The van der Waals surface area contributed by atoms with Gasteiger partial charge in [0, 0.05) is 12.3 Å². The summed E-state index contributed by atoms with van der Waals surface area (Å²) in [7, 11) is 0. The van der Waals surface area contributed by atoms with Crippen LogP contribution in [0.25, 0.3) is 5.52 Å². The van der Waals surface area contributed by atoms with Gasteiger partial charge in [0.1, 0.15) is 18.1 Å². The van der Waals surface area contributed by atoms with E-state index in [9.17, 15) is 9.90 Å². The third-order valence-electron chi connectivity index (χ3n) is 2.99. The zero-order valence-electron chi connectivity index (χ0n) is 11.5. The number of nitrogens with zero attached hydrogens (tertiary/aromatic N) is 3. The predicted octanol–water partition coefficient (Wildman–Crippen LogP) is 1.36. The highest BCUT2D eigenvalue weighted by Gasteiger charge is 2.16.